The van der Waals surface area contributed by atoms with Gasteiger partial charge in [-0.05, 0) is 111 Å². The number of carbonyl (C=O) groups is 3. The van der Waals surface area contributed by atoms with Crippen molar-refractivity contribution in [3.63, 3.8) is 0 Å². The zero-order valence-electron chi connectivity index (χ0n) is 31.8. The first kappa shape index (κ1) is 38.9. The first-order valence-corrected chi connectivity index (χ1v) is 18.0. The molecule has 2 heterocycles. The Hall–Kier alpha value is -5.37. The van der Waals surface area contributed by atoms with E-state index in [4.69, 9.17) is 24.0 Å². The van der Waals surface area contributed by atoms with Crippen molar-refractivity contribution in [1.29, 1.82) is 0 Å². The smallest absolute Gasteiger partial charge is 0.412 e. The van der Waals surface area contributed by atoms with E-state index < -0.39 is 29.3 Å². The van der Waals surface area contributed by atoms with Crippen LogP contribution in [0, 0.1) is 6.92 Å². The molecule has 53 heavy (non-hydrogen) atoms. The molecule has 3 N–H and O–H groups in total. The topological polar surface area (TPSA) is 158 Å². The maximum absolute atomic E-state index is 14.3. The summed E-state index contributed by atoms with van der Waals surface area (Å²) < 4.78 is 18.0. The number of carbonyl (C=O) groups excluding carboxylic acids is 3. The lowest BCUT2D eigenvalue weighted by molar-refractivity contribution is -0.0173. The number of alkyl carbamates (subject to hydrolysis) is 1. The second-order valence-corrected chi connectivity index (χ2v) is 15.0. The molecule has 0 radical (unpaired) electrons. The van der Waals surface area contributed by atoms with E-state index in [1.165, 1.54) is 15.8 Å². The first-order chi connectivity index (χ1) is 25.1. The fourth-order valence-electron chi connectivity index (χ4n) is 5.88. The Labute approximate surface area is 310 Å². The lowest BCUT2D eigenvalue weighted by Gasteiger charge is -2.33. The molecule has 284 valence electrons. The summed E-state index contributed by atoms with van der Waals surface area (Å²) in [5.41, 5.74) is 0.962. The van der Waals surface area contributed by atoms with Crippen LogP contribution < -0.4 is 25.8 Å². The van der Waals surface area contributed by atoms with Crippen molar-refractivity contribution in [3.05, 3.63) is 77.5 Å². The second kappa shape index (κ2) is 16.5. The summed E-state index contributed by atoms with van der Waals surface area (Å²) in [4.78, 5) is 51.1. The van der Waals surface area contributed by atoms with Crippen molar-refractivity contribution in [2.75, 3.05) is 22.3 Å². The summed E-state index contributed by atoms with van der Waals surface area (Å²) in [5, 5.41) is 15.1. The van der Waals surface area contributed by atoms with E-state index in [0.29, 0.717) is 35.1 Å². The normalized spacial score (nSPS) is 16.1. The van der Waals surface area contributed by atoms with Gasteiger partial charge in [-0.1, -0.05) is 30.3 Å². The van der Waals surface area contributed by atoms with E-state index >= 15 is 0 Å². The molecule has 0 unspecified atom stereocenters. The number of hydrogen-bond donors (Lipinski definition) is 3. The second-order valence-electron chi connectivity index (χ2n) is 15.0. The van der Waals surface area contributed by atoms with Gasteiger partial charge in [0.1, 0.15) is 29.5 Å². The van der Waals surface area contributed by atoms with Crippen LogP contribution in [-0.4, -0.2) is 62.6 Å². The number of amides is 3. The molecule has 0 aliphatic heterocycles. The van der Waals surface area contributed by atoms with E-state index in [0.717, 1.165) is 31.2 Å². The first-order valence-electron chi connectivity index (χ1n) is 18.0. The Balaban J connectivity index is 1.48. The van der Waals surface area contributed by atoms with Gasteiger partial charge in [-0.3, -0.25) is 14.9 Å². The number of fused-ring (bicyclic) bond motifs is 1. The summed E-state index contributed by atoms with van der Waals surface area (Å²) in [6.45, 7) is 15.4. The predicted molar refractivity (Wildman–Crippen MR) is 202 cm³/mol. The fourth-order valence-corrected chi connectivity index (χ4v) is 5.88. The van der Waals surface area contributed by atoms with Gasteiger partial charge in [0, 0.05) is 23.2 Å². The number of benzene rings is 2. The fraction of sp³-hybridized carbons (Fsp3) is 0.462. The molecule has 1 fully saturated rings. The predicted octanol–water partition coefficient (Wildman–Crippen LogP) is 7.81. The Morgan fingerprint density at radius 2 is 1.55 bits per heavy atom. The summed E-state index contributed by atoms with van der Waals surface area (Å²) in [6.07, 6.45) is 3.28. The van der Waals surface area contributed by atoms with Crippen molar-refractivity contribution in [2.24, 2.45) is 0 Å². The molecular weight excluding hydrogens is 678 g/mol. The largest absolute Gasteiger partial charge is 0.494 e. The zero-order valence-corrected chi connectivity index (χ0v) is 31.8. The van der Waals surface area contributed by atoms with Gasteiger partial charge in [0.15, 0.2) is 11.5 Å². The summed E-state index contributed by atoms with van der Waals surface area (Å²) in [5.74, 6) is 0.987. The van der Waals surface area contributed by atoms with Gasteiger partial charge in [-0.25, -0.2) is 14.6 Å². The van der Waals surface area contributed by atoms with Gasteiger partial charge in [0.05, 0.1) is 18.4 Å². The SMILES string of the molecule is CCOc1ccc(C(=O)N(OC(C)(C)C)c2c(C)c(NC3CCC(NC(=O)OC(C)(C)C)CC3)nc3c(NC(=O)OCc4ccccc4)cnn23)cc1. The van der Waals surface area contributed by atoms with Crippen LogP contribution in [0.15, 0.2) is 60.8 Å². The number of aromatic nitrogens is 3. The van der Waals surface area contributed by atoms with Gasteiger partial charge in [-0.2, -0.15) is 14.7 Å². The average molecular weight is 730 g/mol. The highest BCUT2D eigenvalue weighted by Crippen LogP contribution is 2.34. The standard InChI is InChI=1S/C39H51N7O7/c1-9-50-30-21-15-27(16-22-30)35(47)46(53-39(6,7)8)34-25(2)32(41-28-17-19-29(20-18-28)42-37(49)52-38(3,4)5)44-33-31(23-40-45(33)34)43-36(48)51-24-26-13-11-10-12-14-26/h10-16,21-23,28-29H,9,17-20,24H2,1-8H3,(H,41,44)(H,42,49)(H,43,48). The van der Waals surface area contributed by atoms with Crippen molar-refractivity contribution in [1.82, 2.24) is 19.9 Å². The average Bonchev–Trinajstić information content (AvgIpc) is 3.48. The van der Waals surface area contributed by atoms with Crippen LogP contribution in [0.1, 0.15) is 95.6 Å². The van der Waals surface area contributed by atoms with E-state index in [9.17, 15) is 14.4 Å². The molecule has 2 aromatic heterocycles. The number of nitrogens with one attached hydrogen (secondary N) is 3. The molecule has 0 saturated heterocycles. The third kappa shape index (κ3) is 10.6. The zero-order chi connectivity index (χ0) is 38.3. The van der Waals surface area contributed by atoms with Gasteiger partial charge in [0.25, 0.3) is 5.91 Å². The Bertz CT molecular complexity index is 1870. The molecule has 0 atom stereocenters. The number of hydroxylamine groups is 1. The van der Waals surface area contributed by atoms with Crippen molar-refractivity contribution >= 4 is 41.1 Å². The molecule has 14 nitrogen and oxygen atoms in total. The van der Waals surface area contributed by atoms with Crippen molar-refractivity contribution in [2.45, 2.75) is 111 Å². The molecule has 4 aromatic rings. The van der Waals surface area contributed by atoms with Crippen LogP contribution >= 0.6 is 0 Å². The van der Waals surface area contributed by atoms with Crippen LogP contribution in [0.25, 0.3) is 5.65 Å². The molecule has 0 spiro atoms. The van der Waals surface area contributed by atoms with Crippen LogP contribution in [-0.2, 0) is 20.9 Å². The van der Waals surface area contributed by atoms with Gasteiger partial charge >= 0.3 is 12.2 Å². The maximum atomic E-state index is 14.3. The van der Waals surface area contributed by atoms with E-state index in [2.05, 4.69) is 21.0 Å². The molecule has 5 rings (SSSR count). The minimum absolute atomic E-state index is 0.00199. The summed E-state index contributed by atoms with van der Waals surface area (Å²) >= 11 is 0. The highest BCUT2D eigenvalue weighted by Gasteiger charge is 2.32. The van der Waals surface area contributed by atoms with Crippen LogP contribution in [0.5, 0.6) is 5.75 Å². The Morgan fingerprint density at radius 1 is 0.887 bits per heavy atom. The molecule has 14 heteroatoms. The lowest BCUT2D eigenvalue weighted by atomic mass is 9.91. The Kier molecular flexibility index (Phi) is 12.1. The van der Waals surface area contributed by atoms with Gasteiger partial charge in [-0.15, -0.1) is 0 Å². The summed E-state index contributed by atoms with van der Waals surface area (Å²) in [6, 6.07) is 16.2. The van der Waals surface area contributed by atoms with E-state index in [-0.39, 0.29) is 30.0 Å². The highest BCUT2D eigenvalue weighted by atomic mass is 16.7. The quantitative estimate of drug-likeness (QED) is 0.130. The maximum Gasteiger partial charge on any atom is 0.412 e. The van der Waals surface area contributed by atoms with Crippen LogP contribution in [0.2, 0.25) is 0 Å². The molecule has 1 aliphatic rings. The number of rotatable bonds is 11. The Morgan fingerprint density at radius 3 is 2.17 bits per heavy atom. The molecule has 2 aromatic carbocycles. The molecule has 3 amide bonds. The number of ether oxygens (including phenoxy) is 3. The lowest BCUT2D eigenvalue weighted by Crippen LogP contribution is -2.42. The minimum Gasteiger partial charge on any atom is -0.494 e. The van der Waals surface area contributed by atoms with Gasteiger partial charge in [0.2, 0.25) is 0 Å². The molecular formula is C39H51N7O7. The number of anilines is 3. The van der Waals surface area contributed by atoms with Crippen molar-refractivity contribution in [3.8, 4) is 5.75 Å². The van der Waals surface area contributed by atoms with E-state index in [1.54, 1.807) is 24.3 Å². The number of nitrogens with zero attached hydrogens (tertiary/aromatic N) is 4. The molecule has 0 bridgehead atoms. The monoisotopic (exact) mass is 729 g/mol. The van der Waals surface area contributed by atoms with Crippen LogP contribution in [0.3, 0.4) is 0 Å². The minimum atomic E-state index is -0.800. The van der Waals surface area contributed by atoms with Gasteiger partial charge < -0.3 is 24.8 Å². The highest BCUT2D eigenvalue weighted by molar-refractivity contribution is 6.05. The van der Waals surface area contributed by atoms with Crippen molar-refractivity contribution < 1.29 is 33.4 Å². The summed E-state index contributed by atoms with van der Waals surface area (Å²) in [7, 11) is 0. The number of hydrogen-bond acceptors (Lipinski definition) is 10. The van der Waals surface area contributed by atoms with E-state index in [1.807, 2.05) is 85.7 Å². The third-order valence-corrected chi connectivity index (χ3v) is 8.25. The van der Waals surface area contributed by atoms with Crippen LogP contribution in [0.4, 0.5) is 26.9 Å². The molecule has 1 saturated carbocycles. The molecule has 1 aliphatic carbocycles. The third-order valence-electron chi connectivity index (χ3n) is 8.25.